The number of carbonyl (C=O) groups is 1. The molecule has 0 radical (unpaired) electrons. The number of aliphatic hydroxyl groups is 8. The number of hydrogen-bond donors (Lipinski definition) is 9. The number of ether oxygens (including phenoxy) is 4. The molecule has 1 amide bonds. The van der Waals surface area contributed by atoms with E-state index in [4.69, 9.17) is 18.9 Å². The molecule has 0 aromatic carbocycles. The summed E-state index contributed by atoms with van der Waals surface area (Å²) in [5, 5.41) is 86.7. The predicted molar refractivity (Wildman–Crippen MR) is 314 cm³/mol. The summed E-state index contributed by atoms with van der Waals surface area (Å²) < 4.78 is 22.7. The first kappa shape index (κ1) is 72.3. The Kier molecular flexibility index (Phi) is 46.2. The van der Waals surface area contributed by atoms with Crippen molar-refractivity contribution in [2.45, 2.75) is 344 Å². The van der Waals surface area contributed by atoms with Crippen LogP contribution in [0, 0.1) is 0 Å². The molecular formula is C64H119NO13. The van der Waals surface area contributed by atoms with E-state index < -0.39 is 86.8 Å². The van der Waals surface area contributed by atoms with Gasteiger partial charge >= 0.3 is 0 Å². The molecular weight excluding hydrogens is 991 g/mol. The Hall–Kier alpha value is -1.79. The van der Waals surface area contributed by atoms with Gasteiger partial charge in [0.1, 0.15) is 48.8 Å². The summed E-state index contributed by atoms with van der Waals surface area (Å²) in [5.41, 5.74) is 0. The van der Waals surface area contributed by atoms with E-state index in [2.05, 4.69) is 43.5 Å². The van der Waals surface area contributed by atoms with Gasteiger partial charge in [0.2, 0.25) is 5.91 Å². The van der Waals surface area contributed by atoms with Gasteiger partial charge in [-0.25, -0.2) is 0 Å². The van der Waals surface area contributed by atoms with Crippen LogP contribution in [0.1, 0.15) is 271 Å². The Labute approximate surface area is 474 Å². The molecule has 12 atom stereocenters. The Bertz CT molecular complexity index is 1450. The molecule has 2 fully saturated rings. The second-order valence-corrected chi connectivity index (χ2v) is 22.9. The molecule has 9 N–H and O–H groups in total. The molecule has 2 rings (SSSR count). The zero-order valence-electron chi connectivity index (χ0n) is 49.4. The van der Waals surface area contributed by atoms with Gasteiger partial charge in [-0.1, -0.05) is 249 Å². The number of hydrogen-bond acceptors (Lipinski definition) is 13. The molecule has 2 saturated heterocycles. The van der Waals surface area contributed by atoms with Gasteiger partial charge in [0, 0.05) is 6.42 Å². The lowest BCUT2D eigenvalue weighted by molar-refractivity contribution is -0.359. The van der Waals surface area contributed by atoms with E-state index in [1.54, 1.807) is 6.08 Å². The van der Waals surface area contributed by atoms with E-state index in [1.807, 2.05) is 6.08 Å². The van der Waals surface area contributed by atoms with Crippen LogP contribution < -0.4 is 5.32 Å². The zero-order valence-corrected chi connectivity index (χ0v) is 49.4. The number of amides is 1. The maximum Gasteiger partial charge on any atom is 0.220 e. The molecule has 0 aromatic heterocycles. The monoisotopic (exact) mass is 1110 g/mol. The largest absolute Gasteiger partial charge is 0.394 e. The minimum absolute atomic E-state index is 0.240. The lowest BCUT2D eigenvalue weighted by Crippen LogP contribution is -2.65. The standard InChI is InChI=1S/C64H119NO13/c1-3-5-7-9-11-12-13-14-15-16-17-18-19-20-21-22-23-24-25-26-27-28-29-30-31-32-33-34-35-36-37-38-39-40-42-44-46-48-56(69)65-52(53(68)47-45-43-41-10-8-6-4-2)51-75-63-61(74)59(72)62(55(50-67)77-63)78-64-60(73)58(71)57(70)54(49-66)76-64/h13-14,16-17,45,47,52-55,57-64,66-68,70-74H,3-12,15,18-44,46,48-51H2,1-2H3,(H,65,69)/b14-13-,17-16-,47-45+. The molecule has 0 aromatic rings. The Morgan fingerprint density at radius 3 is 1.28 bits per heavy atom. The van der Waals surface area contributed by atoms with Crippen molar-refractivity contribution in [3.05, 3.63) is 36.5 Å². The summed E-state index contributed by atoms with van der Waals surface area (Å²) in [7, 11) is 0. The first-order chi connectivity index (χ1) is 38.1. The van der Waals surface area contributed by atoms with Gasteiger partial charge in [-0.05, 0) is 51.4 Å². The van der Waals surface area contributed by atoms with Gasteiger partial charge in [-0.3, -0.25) is 4.79 Å². The number of rotatable bonds is 52. The van der Waals surface area contributed by atoms with E-state index in [0.717, 1.165) is 57.8 Å². The molecule has 2 heterocycles. The third-order valence-electron chi connectivity index (χ3n) is 15.8. The zero-order chi connectivity index (χ0) is 56.7. The number of unbranched alkanes of at least 4 members (excludes halogenated alkanes) is 35. The average Bonchev–Trinajstić information content (AvgIpc) is 3.47. The lowest BCUT2D eigenvalue weighted by Gasteiger charge is -2.46. The second-order valence-electron chi connectivity index (χ2n) is 22.9. The van der Waals surface area contributed by atoms with Crippen LogP contribution in [-0.2, 0) is 23.7 Å². The fraction of sp³-hybridized carbons (Fsp3) is 0.891. The molecule has 78 heavy (non-hydrogen) atoms. The van der Waals surface area contributed by atoms with E-state index in [1.165, 1.54) is 186 Å². The number of nitrogens with one attached hydrogen (secondary N) is 1. The SMILES string of the molecule is CCCCCCC/C=C\C/C=C\CCCCCCCCCCCCCCCCCCCCCCCCCCCC(=O)NC(COC1OC(CO)C(OC2OC(CO)C(O)C(O)C2O)C(O)C1O)C(O)/C=C/CCCCCCC. The van der Waals surface area contributed by atoms with Gasteiger partial charge in [-0.15, -0.1) is 0 Å². The van der Waals surface area contributed by atoms with Crippen molar-refractivity contribution in [1.82, 2.24) is 5.32 Å². The maximum absolute atomic E-state index is 13.2. The van der Waals surface area contributed by atoms with Crippen molar-refractivity contribution in [2.75, 3.05) is 19.8 Å². The van der Waals surface area contributed by atoms with Gasteiger partial charge in [-0.2, -0.15) is 0 Å². The van der Waals surface area contributed by atoms with Gasteiger partial charge in [0.15, 0.2) is 12.6 Å². The fourth-order valence-electron chi connectivity index (χ4n) is 10.6. The summed E-state index contributed by atoms with van der Waals surface area (Å²) in [6, 6.07) is -0.909. The van der Waals surface area contributed by atoms with Gasteiger partial charge < -0.3 is 65.1 Å². The summed E-state index contributed by atoms with van der Waals surface area (Å²) in [6.07, 6.45) is 45.6. The Morgan fingerprint density at radius 2 is 0.846 bits per heavy atom. The van der Waals surface area contributed by atoms with Crippen molar-refractivity contribution in [3.63, 3.8) is 0 Å². The smallest absolute Gasteiger partial charge is 0.220 e. The predicted octanol–water partition coefficient (Wildman–Crippen LogP) is 11.8. The molecule has 0 spiro atoms. The third-order valence-corrected chi connectivity index (χ3v) is 15.8. The molecule has 0 bridgehead atoms. The van der Waals surface area contributed by atoms with Crippen molar-refractivity contribution in [2.24, 2.45) is 0 Å². The highest BCUT2D eigenvalue weighted by Gasteiger charge is 2.51. The van der Waals surface area contributed by atoms with Crippen molar-refractivity contribution in [1.29, 1.82) is 0 Å². The van der Waals surface area contributed by atoms with Crippen LogP contribution in [-0.4, -0.2) is 140 Å². The minimum atomic E-state index is -1.79. The minimum Gasteiger partial charge on any atom is -0.394 e. The molecule has 2 aliphatic heterocycles. The van der Waals surface area contributed by atoms with Gasteiger partial charge in [0.05, 0.1) is 32.0 Å². The number of allylic oxidation sites excluding steroid dienone is 5. The van der Waals surface area contributed by atoms with Crippen molar-refractivity contribution in [3.8, 4) is 0 Å². The van der Waals surface area contributed by atoms with E-state index in [-0.39, 0.29) is 18.9 Å². The van der Waals surface area contributed by atoms with Crippen LogP contribution in [0.5, 0.6) is 0 Å². The van der Waals surface area contributed by atoms with Crippen LogP contribution >= 0.6 is 0 Å². The maximum atomic E-state index is 13.2. The summed E-state index contributed by atoms with van der Waals surface area (Å²) in [5.74, 6) is -0.240. The Morgan fingerprint density at radius 1 is 0.462 bits per heavy atom. The van der Waals surface area contributed by atoms with Crippen LogP contribution in [0.2, 0.25) is 0 Å². The average molecular weight is 1110 g/mol. The van der Waals surface area contributed by atoms with Crippen LogP contribution in [0.15, 0.2) is 36.5 Å². The summed E-state index contributed by atoms with van der Waals surface area (Å²) >= 11 is 0. The Balaban J connectivity index is 1.51. The number of carbonyl (C=O) groups excluding carboxylic acids is 1. The molecule has 458 valence electrons. The molecule has 12 unspecified atom stereocenters. The quantitative estimate of drug-likeness (QED) is 0.0204. The fourth-order valence-corrected chi connectivity index (χ4v) is 10.6. The van der Waals surface area contributed by atoms with Crippen molar-refractivity contribution < 1.29 is 64.6 Å². The third kappa shape index (κ3) is 34.6. The number of aliphatic hydroxyl groups excluding tert-OH is 8. The lowest BCUT2D eigenvalue weighted by atomic mass is 9.97. The highest BCUT2D eigenvalue weighted by Crippen LogP contribution is 2.30. The molecule has 0 saturated carbocycles. The highest BCUT2D eigenvalue weighted by molar-refractivity contribution is 5.76. The summed E-state index contributed by atoms with van der Waals surface area (Å²) in [4.78, 5) is 13.2. The normalized spacial score (nSPS) is 24.7. The van der Waals surface area contributed by atoms with Crippen LogP contribution in [0.25, 0.3) is 0 Å². The van der Waals surface area contributed by atoms with Crippen molar-refractivity contribution >= 4 is 5.91 Å². The second kappa shape index (κ2) is 49.8. The molecule has 2 aliphatic rings. The summed E-state index contributed by atoms with van der Waals surface area (Å²) in [6.45, 7) is 2.73. The molecule has 0 aliphatic carbocycles. The molecule has 14 heteroatoms. The van der Waals surface area contributed by atoms with Gasteiger partial charge in [0.25, 0.3) is 0 Å². The first-order valence-electron chi connectivity index (χ1n) is 32.2. The first-order valence-corrected chi connectivity index (χ1v) is 32.2. The topological polar surface area (TPSA) is 228 Å². The van der Waals surface area contributed by atoms with Crippen LogP contribution in [0.3, 0.4) is 0 Å². The van der Waals surface area contributed by atoms with E-state index in [9.17, 15) is 45.6 Å². The van der Waals surface area contributed by atoms with E-state index in [0.29, 0.717) is 6.42 Å². The van der Waals surface area contributed by atoms with Crippen LogP contribution in [0.4, 0.5) is 0 Å². The highest BCUT2D eigenvalue weighted by atomic mass is 16.7. The molecule has 14 nitrogen and oxygen atoms in total. The van der Waals surface area contributed by atoms with E-state index >= 15 is 0 Å².